The highest BCUT2D eigenvalue weighted by molar-refractivity contribution is 9.10. The van der Waals surface area contributed by atoms with Crippen LogP contribution in [0.25, 0.3) is 0 Å². The fourth-order valence-electron chi connectivity index (χ4n) is 1.78. The zero-order valence-electron chi connectivity index (χ0n) is 10.6. The molecule has 0 saturated heterocycles. The summed E-state index contributed by atoms with van der Waals surface area (Å²) in [6.07, 6.45) is -0.0328. The van der Waals surface area contributed by atoms with Gasteiger partial charge in [0.25, 0.3) is 0 Å². The summed E-state index contributed by atoms with van der Waals surface area (Å²) in [4.78, 5) is 11.5. The molecule has 1 aromatic rings. The zero-order valence-corrected chi connectivity index (χ0v) is 13.8. The van der Waals surface area contributed by atoms with E-state index in [1.54, 1.807) is 6.92 Å². The third-order valence-corrected chi connectivity index (χ3v) is 3.93. The standard InChI is InChI=1S/C13H14Br2O4/c1-3-12(16)19-13(7(2)14)8-4-10-11(5-9(8)15)18-6-17-10/h4-5,7,13H,3,6H2,1-2H3. The van der Waals surface area contributed by atoms with Crippen LogP contribution in [0.3, 0.4) is 0 Å². The van der Waals surface area contributed by atoms with E-state index in [0.29, 0.717) is 17.9 Å². The van der Waals surface area contributed by atoms with Crippen LogP contribution in [0.4, 0.5) is 0 Å². The molecule has 0 N–H and O–H groups in total. The maximum atomic E-state index is 11.5. The van der Waals surface area contributed by atoms with Crippen LogP contribution in [-0.4, -0.2) is 17.6 Å². The molecule has 0 radical (unpaired) electrons. The van der Waals surface area contributed by atoms with Crippen LogP contribution >= 0.6 is 31.9 Å². The number of halogens is 2. The van der Waals surface area contributed by atoms with Gasteiger partial charge in [-0.05, 0) is 19.1 Å². The maximum absolute atomic E-state index is 11.5. The van der Waals surface area contributed by atoms with Gasteiger partial charge in [0, 0.05) is 16.5 Å². The van der Waals surface area contributed by atoms with Gasteiger partial charge in [-0.15, -0.1) is 0 Å². The number of carbonyl (C=O) groups excluding carboxylic acids is 1. The van der Waals surface area contributed by atoms with Gasteiger partial charge in [-0.25, -0.2) is 0 Å². The number of hydrogen-bond acceptors (Lipinski definition) is 4. The minimum atomic E-state index is -0.378. The average Bonchev–Trinajstić information content (AvgIpc) is 2.81. The molecule has 0 bridgehead atoms. The normalized spacial score (nSPS) is 16.0. The molecule has 0 aliphatic carbocycles. The van der Waals surface area contributed by atoms with Crippen LogP contribution in [0.15, 0.2) is 16.6 Å². The molecule has 6 heteroatoms. The van der Waals surface area contributed by atoms with Crippen molar-refractivity contribution in [3.05, 3.63) is 22.2 Å². The molecule has 0 aromatic heterocycles. The Balaban J connectivity index is 2.34. The Morgan fingerprint density at radius 1 is 1.42 bits per heavy atom. The molecular weight excluding hydrogens is 380 g/mol. The molecule has 0 spiro atoms. The van der Waals surface area contributed by atoms with Gasteiger partial charge in [-0.1, -0.05) is 38.8 Å². The van der Waals surface area contributed by atoms with Gasteiger partial charge in [0.05, 0.1) is 4.83 Å². The molecule has 0 amide bonds. The van der Waals surface area contributed by atoms with Gasteiger partial charge < -0.3 is 14.2 Å². The summed E-state index contributed by atoms with van der Waals surface area (Å²) in [6, 6.07) is 3.68. The summed E-state index contributed by atoms with van der Waals surface area (Å²) < 4.78 is 17.0. The SMILES string of the molecule is CCC(=O)OC(c1cc2c(cc1Br)OCO2)C(C)Br. The first-order valence-corrected chi connectivity index (χ1v) is 7.66. The summed E-state index contributed by atoms with van der Waals surface area (Å²) in [5.74, 6) is 1.13. The molecule has 2 unspecified atom stereocenters. The molecule has 1 aliphatic heterocycles. The maximum Gasteiger partial charge on any atom is 0.306 e. The van der Waals surface area contributed by atoms with Crippen molar-refractivity contribution < 1.29 is 19.0 Å². The summed E-state index contributed by atoms with van der Waals surface area (Å²) in [6.45, 7) is 3.92. The lowest BCUT2D eigenvalue weighted by atomic mass is 10.1. The van der Waals surface area contributed by atoms with Crippen molar-refractivity contribution in [3.8, 4) is 11.5 Å². The second-order valence-corrected chi connectivity index (χ2v) is 6.47. The second kappa shape index (κ2) is 6.13. The predicted molar refractivity (Wildman–Crippen MR) is 77.8 cm³/mol. The molecule has 2 rings (SSSR count). The Morgan fingerprint density at radius 3 is 2.63 bits per heavy atom. The lowest BCUT2D eigenvalue weighted by Crippen LogP contribution is -2.17. The summed E-state index contributed by atoms with van der Waals surface area (Å²) in [7, 11) is 0. The first kappa shape index (κ1) is 14.7. The minimum Gasteiger partial charge on any atom is -0.456 e. The third kappa shape index (κ3) is 3.23. The fourth-order valence-corrected chi connectivity index (χ4v) is 2.72. The molecule has 2 atom stereocenters. The topological polar surface area (TPSA) is 44.8 Å². The number of carbonyl (C=O) groups is 1. The van der Waals surface area contributed by atoms with Crippen LogP contribution in [0.2, 0.25) is 0 Å². The number of ether oxygens (including phenoxy) is 3. The molecule has 4 nitrogen and oxygen atoms in total. The fraction of sp³-hybridized carbons (Fsp3) is 0.462. The van der Waals surface area contributed by atoms with Gasteiger partial charge in [-0.3, -0.25) is 4.79 Å². The molecule has 0 fully saturated rings. The highest BCUT2D eigenvalue weighted by atomic mass is 79.9. The number of fused-ring (bicyclic) bond motifs is 1. The third-order valence-electron chi connectivity index (χ3n) is 2.76. The molecule has 19 heavy (non-hydrogen) atoms. The molecule has 1 heterocycles. The summed E-state index contributed by atoms with van der Waals surface area (Å²) in [5, 5.41) is 0. The lowest BCUT2D eigenvalue weighted by Gasteiger charge is -2.22. The molecular formula is C13H14Br2O4. The van der Waals surface area contributed by atoms with E-state index in [-0.39, 0.29) is 23.7 Å². The Kier molecular flexibility index (Phi) is 4.73. The van der Waals surface area contributed by atoms with E-state index >= 15 is 0 Å². The van der Waals surface area contributed by atoms with Crippen LogP contribution in [0, 0.1) is 0 Å². The summed E-state index contributed by atoms with van der Waals surface area (Å²) in [5.41, 5.74) is 0.857. The van der Waals surface area contributed by atoms with E-state index in [0.717, 1.165) is 10.0 Å². The van der Waals surface area contributed by atoms with Crippen molar-refractivity contribution in [2.24, 2.45) is 0 Å². The van der Waals surface area contributed by atoms with Crippen LogP contribution in [0.5, 0.6) is 11.5 Å². The number of hydrogen-bond donors (Lipinski definition) is 0. The van der Waals surface area contributed by atoms with Crippen molar-refractivity contribution >= 4 is 37.8 Å². The van der Waals surface area contributed by atoms with E-state index in [1.165, 1.54) is 0 Å². The first-order valence-electron chi connectivity index (χ1n) is 5.95. The second-order valence-electron chi connectivity index (χ2n) is 4.17. The van der Waals surface area contributed by atoms with E-state index in [9.17, 15) is 4.79 Å². The van der Waals surface area contributed by atoms with Gasteiger partial charge in [0.1, 0.15) is 6.10 Å². The number of rotatable bonds is 4. The van der Waals surface area contributed by atoms with Gasteiger partial charge in [0.15, 0.2) is 11.5 Å². The Hall–Kier alpha value is -0.750. The Labute approximate surface area is 128 Å². The smallest absolute Gasteiger partial charge is 0.306 e. The van der Waals surface area contributed by atoms with Crippen molar-refractivity contribution in [3.63, 3.8) is 0 Å². The average molecular weight is 394 g/mol. The lowest BCUT2D eigenvalue weighted by molar-refractivity contribution is -0.148. The predicted octanol–water partition coefficient (Wildman–Crippen LogP) is 3.96. The Morgan fingerprint density at radius 2 is 2.05 bits per heavy atom. The molecule has 1 aliphatic rings. The number of esters is 1. The summed E-state index contributed by atoms with van der Waals surface area (Å²) >= 11 is 6.96. The monoisotopic (exact) mass is 392 g/mol. The molecule has 0 saturated carbocycles. The van der Waals surface area contributed by atoms with E-state index in [4.69, 9.17) is 14.2 Å². The van der Waals surface area contributed by atoms with E-state index in [1.807, 2.05) is 19.1 Å². The highest BCUT2D eigenvalue weighted by Crippen LogP contribution is 2.41. The molecule has 104 valence electrons. The van der Waals surface area contributed by atoms with Gasteiger partial charge >= 0.3 is 5.97 Å². The first-order chi connectivity index (χ1) is 9.02. The number of benzene rings is 1. The Bertz CT molecular complexity index is 488. The van der Waals surface area contributed by atoms with E-state index in [2.05, 4.69) is 31.9 Å². The molecule has 1 aromatic carbocycles. The minimum absolute atomic E-state index is 0.0142. The van der Waals surface area contributed by atoms with Crippen molar-refractivity contribution in [2.75, 3.05) is 6.79 Å². The van der Waals surface area contributed by atoms with Crippen molar-refractivity contribution in [2.45, 2.75) is 31.2 Å². The van der Waals surface area contributed by atoms with Crippen LogP contribution in [-0.2, 0) is 9.53 Å². The van der Waals surface area contributed by atoms with Crippen LogP contribution in [0.1, 0.15) is 31.9 Å². The number of alkyl halides is 1. The largest absolute Gasteiger partial charge is 0.456 e. The zero-order chi connectivity index (χ0) is 14.0. The highest BCUT2D eigenvalue weighted by Gasteiger charge is 2.26. The van der Waals surface area contributed by atoms with Gasteiger partial charge in [0.2, 0.25) is 6.79 Å². The van der Waals surface area contributed by atoms with Crippen molar-refractivity contribution in [1.29, 1.82) is 0 Å². The van der Waals surface area contributed by atoms with Crippen molar-refractivity contribution in [1.82, 2.24) is 0 Å². The quantitative estimate of drug-likeness (QED) is 0.573. The van der Waals surface area contributed by atoms with E-state index < -0.39 is 0 Å². The van der Waals surface area contributed by atoms with Gasteiger partial charge in [-0.2, -0.15) is 0 Å². The van der Waals surface area contributed by atoms with Crippen LogP contribution < -0.4 is 9.47 Å².